The van der Waals surface area contributed by atoms with Crippen LogP contribution in [0.4, 0.5) is 0 Å². The monoisotopic (exact) mass is 218 g/mol. The number of thiocarbonyl (C=S) groups is 1. The number of benzene rings is 1. The molecule has 0 spiro atoms. The van der Waals surface area contributed by atoms with E-state index in [0.717, 1.165) is 11.1 Å². The number of rotatable bonds is 4. The molecule has 5 heteroatoms. The van der Waals surface area contributed by atoms with Crippen LogP contribution in [0.3, 0.4) is 0 Å². The molecule has 0 saturated heterocycles. The van der Waals surface area contributed by atoms with Gasteiger partial charge in [-0.15, -0.1) is 0 Å². The molecule has 0 amide bonds. The molecule has 15 heavy (non-hydrogen) atoms. The van der Waals surface area contributed by atoms with Crippen molar-refractivity contribution < 1.29 is 0 Å². The second-order valence-electron chi connectivity index (χ2n) is 2.80. The van der Waals surface area contributed by atoms with Crippen molar-refractivity contribution in [1.29, 1.82) is 0 Å². The largest absolute Gasteiger partial charge is 0.389 e. The first-order chi connectivity index (χ1) is 7.24. The molecule has 0 atom stereocenters. The van der Waals surface area contributed by atoms with Gasteiger partial charge >= 0.3 is 0 Å². The second kappa shape index (κ2) is 5.80. The Bertz CT molecular complexity index is 416. The number of nitrogens with zero attached hydrogens (tertiary/aromatic N) is 3. The van der Waals surface area contributed by atoms with Crippen LogP contribution in [0.15, 0.2) is 35.5 Å². The summed E-state index contributed by atoms with van der Waals surface area (Å²) in [5, 5.41) is 3.39. The average Bonchev–Trinajstić information content (AvgIpc) is 2.25. The smallest absolute Gasteiger partial charge is 0.103 e. The maximum absolute atomic E-state index is 8.06. The Morgan fingerprint density at radius 1 is 1.47 bits per heavy atom. The Morgan fingerprint density at radius 3 is 2.67 bits per heavy atom. The van der Waals surface area contributed by atoms with Crippen molar-refractivity contribution >= 4 is 23.3 Å². The van der Waals surface area contributed by atoms with E-state index in [2.05, 4.69) is 10.0 Å². The van der Waals surface area contributed by atoms with Gasteiger partial charge in [-0.1, -0.05) is 53.7 Å². The average molecular weight is 218 g/mol. The standard InChI is InChI=1S/C10H10N4S/c11-10(15)9-5-3-8(4-6-9)2-1-7-13-14-12/h1-6H,7H2,(H2,11,15). The first-order valence-electron chi connectivity index (χ1n) is 4.31. The molecule has 0 aliphatic rings. The minimum Gasteiger partial charge on any atom is -0.389 e. The van der Waals surface area contributed by atoms with Crippen molar-refractivity contribution in [1.82, 2.24) is 0 Å². The fourth-order valence-corrected chi connectivity index (χ4v) is 1.17. The molecule has 76 valence electrons. The van der Waals surface area contributed by atoms with Gasteiger partial charge in [0.05, 0.1) is 0 Å². The summed E-state index contributed by atoms with van der Waals surface area (Å²) < 4.78 is 0. The summed E-state index contributed by atoms with van der Waals surface area (Å²) in [6.45, 7) is 0.355. The molecule has 0 unspecified atom stereocenters. The minimum absolute atomic E-state index is 0.355. The summed E-state index contributed by atoms with van der Waals surface area (Å²) in [6.07, 6.45) is 3.66. The number of hydrogen-bond acceptors (Lipinski definition) is 2. The maximum Gasteiger partial charge on any atom is 0.103 e. The van der Waals surface area contributed by atoms with Gasteiger partial charge in [0.15, 0.2) is 0 Å². The Labute approximate surface area is 93.0 Å². The van der Waals surface area contributed by atoms with Gasteiger partial charge in [-0.25, -0.2) is 0 Å². The van der Waals surface area contributed by atoms with Gasteiger partial charge in [0.1, 0.15) is 4.99 Å². The van der Waals surface area contributed by atoms with Gasteiger partial charge in [0.25, 0.3) is 0 Å². The zero-order chi connectivity index (χ0) is 11.1. The van der Waals surface area contributed by atoms with Crippen molar-refractivity contribution in [3.05, 3.63) is 51.9 Å². The highest BCUT2D eigenvalue weighted by atomic mass is 32.1. The zero-order valence-corrected chi connectivity index (χ0v) is 8.81. The van der Waals surface area contributed by atoms with E-state index in [0.29, 0.717) is 11.5 Å². The SMILES string of the molecule is [N-]=[N+]=NCC=Cc1ccc(C(N)=S)cc1. The normalized spacial score (nSPS) is 9.87. The summed E-state index contributed by atoms with van der Waals surface area (Å²) in [5.74, 6) is 0. The topological polar surface area (TPSA) is 74.8 Å². The fourth-order valence-electron chi connectivity index (χ4n) is 1.03. The second-order valence-corrected chi connectivity index (χ2v) is 3.24. The van der Waals surface area contributed by atoms with E-state index in [1.807, 2.05) is 30.3 Å². The van der Waals surface area contributed by atoms with Crippen LogP contribution in [0, 0.1) is 0 Å². The van der Waals surface area contributed by atoms with Gasteiger partial charge in [0, 0.05) is 17.0 Å². The van der Waals surface area contributed by atoms with Crippen LogP contribution in [0.25, 0.3) is 16.5 Å². The van der Waals surface area contributed by atoms with Crippen LogP contribution >= 0.6 is 12.2 Å². The summed E-state index contributed by atoms with van der Waals surface area (Å²) >= 11 is 4.83. The molecule has 0 radical (unpaired) electrons. The highest BCUT2D eigenvalue weighted by Crippen LogP contribution is 2.06. The van der Waals surface area contributed by atoms with Crippen LogP contribution in [0.2, 0.25) is 0 Å². The molecular formula is C10H10N4S. The number of azide groups is 1. The first-order valence-corrected chi connectivity index (χ1v) is 4.72. The van der Waals surface area contributed by atoms with Gasteiger partial charge in [0.2, 0.25) is 0 Å². The molecule has 0 aliphatic heterocycles. The lowest BCUT2D eigenvalue weighted by molar-refractivity contribution is 1.22. The molecule has 4 nitrogen and oxygen atoms in total. The molecule has 1 aromatic carbocycles. The van der Waals surface area contributed by atoms with Crippen LogP contribution in [0.1, 0.15) is 11.1 Å². The third-order valence-electron chi connectivity index (χ3n) is 1.76. The van der Waals surface area contributed by atoms with E-state index in [1.165, 1.54) is 0 Å². The number of hydrogen-bond donors (Lipinski definition) is 1. The Kier molecular flexibility index (Phi) is 4.34. The third-order valence-corrected chi connectivity index (χ3v) is 1.99. The van der Waals surface area contributed by atoms with Crippen LogP contribution < -0.4 is 5.73 Å². The highest BCUT2D eigenvalue weighted by molar-refractivity contribution is 7.80. The number of nitrogens with two attached hydrogens (primary N) is 1. The zero-order valence-electron chi connectivity index (χ0n) is 8.00. The lowest BCUT2D eigenvalue weighted by Gasteiger charge is -1.97. The molecule has 0 saturated carbocycles. The molecule has 1 rings (SSSR count). The molecule has 0 aromatic heterocycles. The molecular weight excluding hydrogens is 208 g/mol. The third kappa shape index (κ3) is 3.81. The Balaban J connectivity index is 2.68. The van der Waals surface area contributed by atoms with Gasteiger partial charge in [-0.05, 0) is 11.1 Å². The van der Waals surface area contributed by atoms with Crippen LogP contribution in [-0.2, 0) is 0 Å². The maximum atomic E-state index is 8.06. The first kappa shape index (κ1) is 11.2. The predicted molar refractivity (Wildman–Crippen MR) is 65.4 cm³/mol. The van der Waals surface area contributed by atoms with Crippen molar-refractivity contribution in [2.24, 2.45) is 10.8 Å². The van der Waals surface area contributed by atoms with Crippen molar-refractivity contribution in [2.45, 2.75) is 0 Å². The predicted octanol–water partition coefficient (Wildman–Crippen LogP) is 2.64. The molecule has 0 heterocycles. The van der Waals surface area contributed by atoms with Crippen LogP contribution in [0.5, 0.6) is 0 Å². The van der Waals surface area contributed by atoms with E-state index in [1.54, 1.807) is 6.08 Å². The van der Waals surface area contributed by atoms with E-state index >= 15 is 0 Å². The molecule has 0 bridgehead atoms. The van der Waals surface area contributed by atoms with Crippen molar-refractivity contribution in [3.8, 4) is 0 Å². The Hall–Kier alpha value is -1.84. The molecule has 0 aliphatic carbocycles. The molecule has 2 N–H and O–H groups in total. The lowest BCUT2D eigenvalue weighted by Crippen LogP contribution is -2.08. The van der Waals surface area contributed by atoms with Crippen LogP contribution in [-0.4, -0.2) is 11.5 Å². The van der Waals surface area contributed by atoms with E-state index in [-0.39, 0.29) is 0 Å². The van der Waals surface area contributed by atoms with Crippen molar-refractivity contribution in [2.75, 3.05) is 6.54 Å². The molecule has 1 aromatic rings. The quantitative estimate of drug-likeness (QED) is 0.365. The highest BCUT2D eigenvalue weighted by Gasteiger charge is 1.93. The summed E-state index contributed by atoms with van der Waals surface area (Å²) in [4.78, 5) is 3.03. The van der Waals surface area contributed by atoms with Gasteiger partial charge in [-0.3, -0.25) is 0 Å². The molecule has 0 fully saturated rings. The van der Waals surface area contributed by atoms with Gasteiger partial charge < -0.3 is 5.73 Å². The summed E-state index contributed by atoms with van der Waals surface area (Å²) in [6, 6.07) is 7.52. The fraction of sp³-hybridized carbons (Fsp3) is 0.100. The minimum atomic E-state index is 0.355. The summed E-state index contributed by atoms with van der Waals surface area (Å²) in [7, 11) is 0. The van der Waals surface area contributed by atoms with Crippen molar-refractivity contribution in [3.63, 3.8) is 0 Å². The van der Waals surface area contributed by atoms with Gasteiger partial charge in [-0.2, -0.15) is 0 Å². The van der Waals surface area contributed by atoms with E-state index < -0.39 is 0 Å². The Morgan fingerprint density at radius 2 is 2.13 bits per heavy atom. The van der Waals surface area contributed by atoms with E-state index in [9.17, 15) is 0 Å². The van der Waals surface area contributed by atoms with E-state index in [4.69, 9.17) is 23.5 Å². The summed E-state index contributed by atoms with van der Waals surface area (Å²) in [5.41, 5.74) is 15.4. The lowest BCUT2D eigenvalue weighted by atomic mass is 10.1.